The molecule has 1 rings (SSSR count). The zero-order valence-corrected chi connectivity index (χ0v) is 10.2. The maximum Gasteiger partial charge on any atom is 0.250 e. The van der Waals surface area contributed by atoms with Gasteiger partial charge in [-0.1, -0.05) is 12.1 Å². The van der Waals surface area contributed by atoms with Crippen LogP contribution < -0.4 is 4.74 Å². The molecule has 18 heavy (non-hydrogen) atoms. The first-order chi connectivity index (χ1) is 8.52. The number of nitrogens with zero attached hydrogens (tertiary/aromatic N) is 2. The van der Waals surface area contributed by atoms with Crippen LogP contribution in [0.15, 0.2) is 36.7 Å². The third kappa shape index (κ3) is 4.25. The molecule has 0 radical (unpaired) electrons. The van der Waals surface area contributed by atoms with E-state index in [0.29, 0.717) is 5.75 Å². The van der Waals surface area contributed by atoms with Crippen LogP contribution in [0.3, 0.4) is 0 Å². The smallest absolute Gasteiger partial charge is 0.250 e. The molecule has 0 saturated heterocycles. The van der Waals surface area contributed by atoms with E-state index in [2.05, 4.69) is 0 Å². The van der Waals surface area contributed by atoms with Crippen LogP contribution in [0.5, 0.6) is 5.75 Å². The lowest BCUT2D eigenvalue weighted by Crippen LogP contribution is -2.22. The third-order valence-corrected chi connectivity index (χ3v) is 2.28. The summed E-state index contributed by atoms with van der Waals surface area (Å²) in [6, 6.07) is 7.14. The molecule has 1 aromatic rings. The first kappa shape index (κ1) is 13.7. The van der Waals surface area contributed by atoms with Crippen molar-refractivity contribution in [1.29, 1.82) is 0 Å². The summed E-state index contributed by atoms with van der Waals surface area (Å²) in [5.74, 6) is 0.456. The van der Waals surface area contributed by atoms with Crippen LogP contribution in [0.1, 0.15) is 12.5 Å². The van der Waals surface area contributed by atoms with Crippen LogP contribution in [0.2, 0.25) is 0 Å². The Labute approximate surface area is 105 Å². The highest BCUT2D eigenvalue weighted by Gasteiger charge is 2.07. The van der Waals surface area contributed by atoms with E-state index in [1.165, 1.54) is 11.8 Å². The average Bonchev–Trinajstić information content (AvgIpc) is 2.34. The zero-order chi connectivity index (χ0) is 13.5. The van der Waals surface area contributed by atoms with E-state index in [1.807, 2.05) is 0 Å². The second-order valence-electron chi connectivity index (χ2n) is 3.58. The molecule has 6 nitrogen and oxygen atoms in total. The van der Waals surface area contributed by atoms with Crippen molar-refractivity contribution < 1.29 is 14.5 Å². The van der Waals surface area contributed by atoms with Gasteiger partial charge in [-0.25, -0.2) is 0 Å². The molecule has 0 fully saturated rings. The molecule has 6 heteroatoms. The highest BCUT2D eigenvalue weighted by atomic mass is 16.6. The van der Waals surface area contributed by atoms with Gasteiger partial charge in [0.1, 0.15) is 5.75 Å². The van der Waals surface area contributed by atoms with Crippen LogP contribution in [-0.2, 0) is 11.3 Å². The average molecular weight is 250 g/mol. The first-order valence-corrected chi connectivity index (χ1v) is 5.25. The summed E-state index contributed by atoms with van der Waals surface area (Å²) in [6.45, 7) is 1.64. The van der Waals surface area contributed by atoms with Gasteiger partial charge in [-0.05, 0) is 17.7 Å². The van der Waals surface area contributed by atoms with Gasteiger partial charge < -0.3 is 9.64 Å². The quantitative estimate of drug-likeness (QED) is 0.590. The van der Waals surface area contributed by atoms with Crippen molar-refractivity contribution in [3.63, 3.8) is 0 Å². The number of hydrogen-bond donors (Lipinski definition) is 0. The monoisotopic (exact) mass is 250 g/mol. The second kappa shape index (κ2) is 6.39. The van der Waals surface area contributed by atoms with Gasteiger partial charge in [0.05, 0.1) is 24.8 Å². The first-order valence-electron chi connectivity index (χ1n) is 5.25. The standard InChI is InChI=1S/C12H14N2O4/c1-10(15)13(7-8-14(16)17)9-11-3-5-12(18-2)6-4-11/h3-8H,9H2,1-2H3/b8-7+. The van der Waals surface area contributed by atoms with E-state index in [-0.39, 0.29) is 12.5 Å². The van der Waals surface area contributed by atoms with Gasteiger partial charge in [-0.3, -0.25) is 14.9 Å². The summed E-state index contributed by atoms with van der Waals surface area (Å²) in [4.78, 5) is 22.2. The highest BCUT2D eigenvalue weighted by molar-refractivity contribution is 5.74. The minimum absolute atomic E-state index is 0.260. The summed E-state index contributed by atoms with van der Waals surface area (Å²) in [5, 5.41) is 10.2. The Balaban J connectivity index is 2.76. The predicted octanol–water partition coefficient (Wildman–Crippen LogP) is 1.79. The molecular weight excluding hydrogens is 236 g/mol. The Morgan fingerprint density at radius 2 is 2.06 bits per heavy atom. The molecule has 0 bridgehead atoms. The Kier molecular flexibility index (Phi) is 4.86. The molecule has 0 aliphatic heterocycles. The molecule has 0 atom stereocenters. The summed E-state index contributed by atoms with van der Waals surface area (Å²) < 4.78 is 5.02. The Morgan fingerprint density at radius 1 is 1.44 bits per heavy atom. The van der Waals surface area contributed by atoms with Crippen molar-refractivity contribution in [3.8, 4) is 5.75 Å². The van der Waals surface area contributed by atoms with Crippen molar-refractivity contribution in [2.45, 2.75) is 13.5 Å². The van der Waals surface area contributed by atoms with Crippen molar-refractivity contribution in [2.24, 2.45) is 0 Å². The van der Waals surface area contributed by atoms with Crippen molar-refractivity contribution >= 4 is 5.91 Å². The third-order valence-electron chi connectivity index (χ3n) is 2.28. The van der Waals surface area contributed by atoms with Crippen LogP contribution >= 0.6 is 0 Å². The minimum Gasteiger partial charge on any atom is -0.497 e. The lowest BCUT2D eigenvalue weighted by molar-refractivity contribution is -0.403. The Hall–Kier alpha value is -2.37. The normalized spacial score (nSPS) is 10.3. The molecule has 96 valence electrons. The fourth-order valence-corrected chi connectivity index (χ4v) is 1.33. The van der Waals surface area contributed by atoms with Gasteiger partial charge in [0.25, 0.3) is 6.20 Å². The SMILES string of the molecule is COc1ccc(CN(/C=C/[N+](=O)[O-])C(C)=O)cc1. The van der Waals surface area contributed by atoms with Gasteiger partial charge in [-0.15, -0.1) is 0 Å². The minimum atomic E-state index is -0.607. The molecule has 1 amide bonds. The molecular formula is C12H14N2O4. The van der Waals surface area contributed by atoms with Gasteiger partial charge >= 0.3 is 0 Å². The Bertz CT molecular complexity index is 454. The number of benzene rings is 1. The maximum atomic E-state index is 11.3. The molecule has 0 aromatic heterocycles. The predicted molar refractivity (Wildman–Crippen MR) is 65.4 cm³/mol. The summed E-state index contributed by atoms with van der Waals surface area (Å²) >= 11 is 0. The second-order valence-corrected chi connectivity index (χ2v) is 3.58. The van der Waals surface area contributed by atoms with E-state index in [1.54, 1.807) is 31.4 Å². The van der Waals surface area contributed by atoms with Crippen LogP contribution in [0.25, 0.3) is 0 Å². The number of methoxy groups -OCH3 is 1. The molecule has 0 unspecified atom stereocenters. The van der Waals surface area contributed by atoms with Crippen LogP contribution in [0.4, 0.5) is 0 Å². The molecule has 0 N–H and O–H groups in total. The number of carbonyl (C=O) groups excluding carboxylic acids is 1. The van der Waals surface area contributed by atoms with E-state index in [4.69, 9.17) is 4.74 Å². The molecule has 0 saturated carbocycles. The van der Waals surface area contributed by atoms with E-state index in [9.17, 15) is 14.9 Å². The van der Waals surface area contributed by atoms with Crippen molar-refractivity contribution in [3.05, 3.63) is 52.3 Å². The van der Waals surface area contributed by atoms with E-state index in [0.717, 1.165) is 18.0 Å². The number of ether oxygens (including phenoxy) is 1. The fourth-order valence-electron chi connectivity index (χ4n) is 1.33. The number of hydrogen-bond acceptors (Lipinski definition) is 4. The van der Waals surface area contributed by atoms with Gasteiger partial charge in [-0.2, -0.15) is 0 Å². The maximum absolute atomic E-state index is 11.3. The molecule has 0 spiro atoms. The molecule has 0 heterocycles. The highest BCUT2D eigenvalue weighted by Crippen LogP contribution is 2.13. The molecule has 0 aliphatic carbocycles. The number of amides is 1. The molecule has 0 aliphatic rings. The van der Waals surface area contributed by atoms with Crippen molar-refractivity contribution in [1.82, 2.24) is 4.90 Å². The lowest BCUT2D eigenvalue weighted by Gasteiger charge is -2.15. The van der Waals surface area contributed by atoms with E-state index < -0.39 is 4.92 Å². The van der Waals surface area contributed by atoms with Crippen LogP contribution in [0, 0.1) is 10.1 Å². The summed E-state index contributed by atoms with van der Waals surface area (Å²) in [7, 11) is 1.57. The number of carbonyl (C=O) groups is 1. The zero-order valence-electron chi connectivity index (χ0n) is 10.2. The van der Waals surface area contributed by atoms with Gasteiger partial charge in [0.2, 0.25) is 5.91 Å². The Morgan fingerprint density at radius 3 is 2.50 bits per heavy atom. The van der Waals surface area contributed by atoms with Crippen molar-refractivity contribution in [2.75, 3.05) is 7.11 Å². The number of nitro groups is 1. The van der Waals surface area contributed by atoms with Gasteiger partial charge in [0, 0.05) is 6.92 Å². The number of rotatable bonds is 5. The largest absolute Gasteiger partial charge is 0.497 e. The summed E-state index contributed by atoms with van der Waals surface area (Å²) in [5.41, 5.74) is 0.860. The summed E-state index contributed by atoms with van der Waals surface area (Å²) in [6.07, 6.45) is 1.90. The van der Waals surface area contributed by atoms with Crippen LogP contribution in [-0.4, -0.2) is 22.8 Å². The van der Waals surface area contributed by atoms with Gasteiger partial charge in [0.15, 0.2) is 0 Å². The van der Waals surface area contributed by atoms with E-state index >= 15 is 0 Å². The lowest BCUT2D eigenvalue weighted by atomic mass is 10.2. The topological polar surface area (TPSA) is 72.7 Å². The molecule has 1 aromatic carbocycles. The fraction of sp³-hybridized carbons (Fsp3) is 0.250.